The lowest BCUT2D eigenvalue weighted by Gasteiger charge is -2.17. The third kappa shape index (κ3) is 3.67. The number of carbonyl (C=O) groups is 1. The number of phenols is 6. The molecule has 2 aromatic carbocycles. The van der Waals surface area contributed by atoms with Crippen molar-refractivity contribution in [3.8, 4) is 34.5 Å². The summed E-state index contributed by atoms with van der Waals surface area (Å²) >= 11 is 0. The largest absolute Gasteiger partial charge is 0.504 e. The van der Waals surface area contributed by atoms with E-state index in [4.69, 9.17) is 0 Å². The van der Waals surface area contributed by atoms with Crippen molar-refractivity contribution in [1.29, 1.82) is 0 Å². The van der Waals surface area contributed by atoms with Gasteiger partial charge in [0.15, 0.2) is 40.3 Å². The van der Waals surface area contributed by atoms with Gasteiger partial charge in [-0.1, -0.05) is 0 Å². The molecule has 6 N–H and O–H groups in total. The van der Waals surface area contributed by atoms with Gasteiger partial charge in [0.25, 0.3) is 0 Å². The second-order valence-electron chi connectivity index (χ2n) is 6.34. The molecule has 140 valence electrons. The molecule has 0 atom stereocenters. The maximum atomic E-state index is 12.7. The zero-order valence-corrected chi connectivity index (χ0v) is 14.2. The molecule has 1 aliphatic rings. The fourth-order valence-electron chi connectivity index (χ4n) is 3.00. The molecule has 7 heteroatoms. The summed E-state index contributed by atoms with van der Waals surface area (Å²) in [5.41, 5.74) is 1.66. The molecule has 0 bridgehead atoms. The van der Waals surface area contributed by atoms with E-state index in [1.807, 2.05) is 0 Å². The average Bonchev–Trinajstić information content (AvgIpc) is 2.61. The molecular weight excluding hydrogens is 352 g/mol. The van der Waals surface area contributed by atoms with E-state index < -0.39 is 34.5 Å². The Kier molecular flexibility index (Phi) is 4.68. The summed E-state index contributed by atoms with van der Waals surface area (Å²) in [4.78, 5) is 12.7. The van der Waals surface area contributed by atoms with Gasteiger partial charge in [0.1, 0.15) is 0 Å². The third-order valence-electron chi connectivity index (χ3n) is 4.34. The summed E-state index contributed by atoms with van der Waals surface area (Å²) in [5.74, 6) is -3.45. The van der Waals surface area contributed by atoms with Crippen molar-refractivity contribution in [2.75, 3.05) is 0 Å². The van der Waals surface area contributed by atoms with Gasteiger partial charge in [-0.05, 0) is 66.8 Å². The number of hydrogen-bond acceptors (Lipinski definition) is 7. The van der Waals surface area contributed by atoms with Crippen LogP contribution in [0.5, 0.6) is 34.5 Å². The zero-order chi connectivity index (χ0) is 19.7. The highest BCUT2D eigenvalue weighted by Gasteiger charge is 2.21. The standard InChI is InChI=1S/C20H18O7/c21-14-6-10(7-15(22)19(14)26)4-12-2-1-3-13(18(12)25)5-11-8-16(23)20(27)17(24)9-11/h4-9,21-24,26-27H,1-3H2/b12-4-,13-5+. The molecule has 27 heavy (non-hydrogen) atoms. The molecule has 0 aliphatic heterocycles. The maximum Gasteiger partial charge on any atom is 0.200 e. The van der Waals surface area contributed by atoms with Crippen LogP contribution >= 0.6 is 0 Å². The summed E-state index contributed by atoms with van der Waals surface area (Å²) in [6, 6.07) is 4.96. The molecule has 2 aromatic rings. The summed E-state index contributed by atoms with van der Waals surface area (Å²) in [5, 5.41) is 57.2. The van der Waals surface area contributed by atoms with Gasteiger partial charge < -0.3 is 30.6 Å². The van der Waals surface area contributed by atoms with Crippen LogP contribution in [-0.4, -0.2) is 36.4 Å². The Hall–Kier alpha value is -3.61. The first-order valence-corrected chi connectivity index (χ1v) is 8.22. The second kappa shape index (κ2) is 6.95. The molecule has 0 spiro atoms. The van der Waals surface area contributed by atoms with Crippen LogP contribution in [0, 0.1) is 0 Å². The van der Waals surface area contributed by atoms with E-state index in [0.717, 1.165) is 0 Å². The Morgan fingerprint density at radius 3 is 1.30 bits per heavy atom. The van der Waals surface area contributed by atoms with Gasteiger partial charge in [-0.2, -0.15) is 0 Å². The summed E-state index contributed by atoms with van der Waals surface area (Å²) in [6.45, 7) is 0. The number of Topliss-reactive ketones (excluding diaryl/α,β-unsaturated/α-hetero) is 1. The number of rotatable bonds is 2. The predicted molar refractivity (Wildman–Crippen MR) is 97.7 cm³/mol. The number of allylic oxidation sites excluding steroid dienone is 2. The minimum atomic E-state index is -0.625. The van der Waals surface area contributed by atoms with Crippen molar-refractivity contribution in [3.63, 3.8) is 0 Å². The Morgan fingerprint density at radius 2 is 0.963 bits per heavy atom. The van der Waals surface area contributed by atoms with Gasteiger partial charge in [0.05, 0.1) is 0 Å². The first-order chi connectivity index (χ1) is 12.8. The smallest absolute Gasteiger partial charge is 0.200 e. The van der Waals surface area contributed by atoms with Crippen molar-refractivity contribution in [3.05, 3.63) is 46.5 Å². The van der Waals surface area contributed by atoms with Crippen LogP contribution in [-0.2, 0) is 4.79 Å². The number of benzene rings is 2. The maximum absolute atomic E-state index is 12.7. The summed E-state index contributed by atoms with van der Waals surface area (Å²) in [7, 11) is 0. The molecule has 0 amide bonds. The van der Waals surface area contributed by atoms with E-state index in [9.17, 15) is 35.4 Å². The van der Waals surface area contributed by atoms with Crippen LogP contribution in [0.25, 0.3) is 12.2 Å². The molecule has 0 unspecified atom stereocenters. The first kappa shape index (κ1) is 18.2. The van der Waals surface area contributed by atoms with E-state index >= 15 is 0 Å². The van der Waals surface area contributed by atoms with E-state index in [-0.39, 0.29) is 5.78 Å². The van der Waals surface area contributed by atoms with Crippen LogP contribution in [0.3, 0.4) is 0 Å². The lowest BCUT2D eigenvalue weighted by atomic mass is 9.86. The molecule has 1 fully saturated rings. The van der Waals surface area contributed by atoms with Gasteiger partial charge in [0.2, 0.25) is 0 Å². The molecular formula is C20H18O7. The number of ketones is 1. The molecule has 0 aromatic heterocycles. The number of phenolic OH excluding ortho intramolecular Hbond substituents is 6. The van der Waals surface area contributed by atoms with Gasteiger partial charge in [-0.15, -0.1) is 0 Å². The molecule has 1 saturated carbocycles. The minimum Gasteiger partial charge on any atom is -0.504 e. The number of carbonyl (C=O) groups excluding carboxylic acids is 1. The fourth-order valence-corrected chi connectivity index (χ4v) is 3.00. The van der Waals surface area contributed by atoms with Gasteiger partial charge in [-0.25, -0.2) is 0 Å². The van der Waals surface area contributed by atoms with E-state index in [1.54, 1.807) is 0 Å². The van der Waals surface area contributed by atoms with Crippen molar-refractivity contribution in [2.24, 2.45) is 0 Å². The highest BCUT2D eigenvalue weighted by Crippen LogP contribution is 2.38. The van der Waals surface area contributed by atoms with Gasteiger partial charge >= 0.3 is 0 Å². The monoisotopic (exact) mass is 370 g/mol. The molecule has 0 saturated heterocycles. The third-order valence-corrected chi connectivity index (χ3v) is 4.34. The van der Waals surface area contributed by atoms with Crippen molar-refractivity contribution >= 4 is 17.9 Å². The molecule has 7 nitrogen and oxygen atoms in total. The van der Waals surface area contributed by atoms with Crippen molar-refractivity contribution in [2.45, 2.75) is 19.3 Å². The lowest BCUT2D eigenvalue weighted by Crippen LogP contribution is -2.12. The SMILES string of the molecule is O=C1/C(=C\c2cc(O)c(O)c(O)c2)CCC/C1=C\c1cc(O)c(O)c(O)c1. The van der Waals surface area contributed by atoms with E-state index in [0.29, 0.717) is 41.5 Å². The zero-order valence-electron chi connectivity index (χ0n) is 14.2. The van der Waals surface area contributed by atoms with Crippen LogP contribution < -0.4 is 0 Å². The number of aromatic hydroxyl groups is 6. The normalized spacial score (nSPS) is 17.6. The van der Waals surface area contributed by atoms with Crippen molar-refractivity contribution in [1.82, 2.24) is 0 Å². The first-order valence-electron chi connectivity index (χ1n) is 8.22. The van der Waals surface area contributed by atoms with Crippen LogP contribution in [0.4, 0.5) is 0 Å². The van der Waals surface area contributed by atoms with E-state index in [1.165, 1.54) is 36.4 Å². The topological polar surface area (TPSA) is 138 Å². The Balaban J connectivity index is 1.94. The van der Waals surface area contributed by atoms with E-state index in [2.05, 4.69) is 0 Å². The molecule has 3 rings (SSSR count). The van der Waals surface area contributed by atoms with Crippen LogP contribution in [0.15, 0.2) is 35.4 Å². The summed E-state index contributed by atoms with van der Waals surface area (Å²) < 4.78 is 0. The number of hydrogen-bond donors (Lipinski definition) is 6. The molecule has 0 heterocycles. The highest BCUT2D eigenvalue weighted by molar-refractivity contribution is 6.14. The Morgan fingerprint density at radius 1 is 0.630 bits per heavy atom. The quantitative estimate of drug-likeness (QED) is 0.353. The Labute approximate surface area is 154 Å². The minimum absolute atomic E-state index is 0.236. The molecule has 1 aliphatic carbocycles. The highest BCUT2D eigenvalue weighted by atomic mass is 16.3. The Bertz CT molecular complexity index is 862. The summed E-state index contributed by atoms with van der Waals surface area (Å²) in [6.07, 6.45) is 4.75. The van der Waals surface area contributed by atoms with Gasteiger partial charge in [-0.3, -0.25) is 4.79 Å². The van der Waals surface area contributed by atoms with Crippen molar-refractivity contribution < 1.29 is 35.4 Å². The predicted octanol–water partition coefficient (Wildman–Crippen LogP) is 3.14. The average molecular weight is 370 g/mol. The molecule has 0 radical (unpaired) electrons. The second-order valence-corrected chi connectivity index (χ2v) is 6.34. The van der Waals surface area contributed by atoms with Crippen LogP contribution in [0.2, 0.25) is 0 Å². The van der Waals surface area contributed by atoms with Crippen LogP contribution in [0.1, 0.15) is 30.4 Å². The van der Waals surface area contributed by atoms with Gasteiger partial charge in [0, 0.05) is 11.1 Å². The lowest BCUT2D eigenvalue weighted by molar-refractivity contribution is -0.112. The fraction of sp³-hybridized carbons (Fsp3) is 0.150.